The fourth-order valence-corrected chi connectivity index (χ4v) is 12.1. The summed E-state index contributed by atoms with van der Waals surface area (Å²) in [6.45, 7) is 18.4. The van der Waals surface area contributed by atoms with Gasteiger partial charge in [0, 0.05) is 17.9 Å². The number of halogens is 2. The van der Waals surface area contributed by atoms with E-state index in [1.165, 1.54) is 10.5 Å². The highest BCUT2D eigenvalue weighted by Gasteiger charge is 2.59. The van der Waals surface area contributed by atoms with Crippen molar-refractivity contribution in [3.63, 3.8) is 0 Å². The van der Waals surface area contributed by atoms with Crippen LogP contribution in [0.4, 0.5) is 0 Å². The predicted octanol–water partition coefficient (Wildman–Crippen LogP) is -0.743. The van der Waals surface area contributed by atoms with E-state index in [9.17, 15) is 19.5 Å². The molecule has 0 aliphatic carbocycles. The number of benzene rings is 1. The smallest absolute Gasteiger partial charge is 0.272 e. The van der Waals surface area contributed by atoms with Gasteiger partial charge in [-0.05, 0) is 65.3 Å². The molecule has 2 bridgehead atoms. The quantitative estimate of drug-likeness (QED) is 0.0870. The Kier molecular flexibility index (Phi) is 12.4. The maximum atomic E-state index is 13.3. The molecule has 4 atom stereocenters. The maximum absolute atomic E-state index is 13.3. The number of aliphatic carboxylic acids is 1. The number of quaternary nitrogens is 2. The van der Waals surface area contributed by atoms with Crippen molar-refractivity contribution in [1.29, 1.82) is 0 Å². The molecule has 4 fully saturated rings. The lowest BCUT2D eigenvalue weighted by atomic mass is 9.78. The molecule has 264 valence electrons. The SMILES string of the molecule is CC[Si](CC)(CC)O[C@H](C)[C@H]1C(=O)N2C(C(=O)[O-])=C(C#CCOc3ccc(CC[N+]45CC[N+](CC(N)=O)(CC4)CC5)cc3I)[C@H](C)[C@H]12.[Cl-]. The highest BCUT2D eigenvalue weighted by molar-refractivity contribution is 14.1. The van der Waals surface area contributed by atoms with Crippen LogP contribution in [0.1, 0.15) is 40.2 Å². The summed E-state index contributed by atoms with van der Waals surface area (Å²) in [7, 11) is -1.94. The van der Waals surface area contributed by atoms with Crippen LogP contribution in [0.5, 0.6) is 5.75 Å². The van der Waals surface area contributed by atoms with E-state index in [2.05, 4.69) is 67.3 Å². The van der Waals surface area contributed by atoms with Gasteiger partial charge in [0.15, 0.2) is 14.9 Å². The van der Waals surface area contributed by atoms with Gasteiger partial charge in [-0.25, -0.2) is 0 Å². The molecule has 5 aliphatic heterocycles. The number of β-lactam (4-membered cyclic amide) rings is 1. The zero-order valence-corrected chi connectivity index (χ0v) is 32.8. The summed E-state index contributed by atoms with van der Waals surface area (Å²) in [4.78, 5) is 38.4. The van der Waals surface area contributed by atoms with Gasteiger partial charge in [-0.15, -0.1) is 0 Å². The van der Waals surface area contributed by atoms with Crippen LogP contribution in [0.2, 0.25) is 18.1 Å². The minimum atomic E-state index is -1.94. The van der Waals surface area contributed by atoms with Crippen LogP contribution < -0.4 is 28.0 Å². The molecule has 10 nitrogen and oxygen atoms in total. The molecule has 48 heavy (non-hydrogen) atoms. The number of carboxylic acid groups (broad SMARTS) is 1. The molecule has 6 rings (SSSR count). The summed E-state index contributed by atoms with van der Waals surface area (Å²) in [5, 5.41) is 12.2. The number of nitrogens with two attached hydrogens (primary N) is 1. The van der Waals surface area contributed by atoms with Gasteiger partial charge < -0.3 is 51.1 Å². The molecule has 2 N–H and O–H groups in total. The number of rotatable bonds is 14. The Morgan fingerprint density at radius 3 is 2.25 bits per heavy atom. The summed E-state index contributed by atoms with van der Waals surface area (Å²) in [5.74, 6) is 4.35. The van der Waals surface area contributed by atoms with Crippen LogP contribution >= 0.6 is 22.6 Å². The first-order chi connectivity index (χ1) is 22.3. The highest BCUT2D eigenvalue weighted by Crippen LogP contribution is 2.48. The van der Waals surface area contributed by atoms with E-state index in [1.54, 1.807) is 0 Å². The summed E-state index contributed by atoms with van der Waals surface area (Å²) >= 11 is 2.29. The van der Waals surface area contributed by atoms with E-state index < -0.39 is 20.2 Å². The molecule has 2 amide bonds. The second-order valence-corrected chi connectivity index (χ2v) is 20.0. The maximum Gasteiger partial charge on any atom is 0.272 e. The van der Waals surface area contributed by atoms with Crippen LogP contribution in [0, 0.1) is 27.2 Å². The molecule has 1 aromatic rings. The number of hydrogen-bond acceptors (Lipinski definition) is 6. The number of carbonyl (C=O) groups excluding carboxylic acids is 3. The number of fused-ring (bicyclic) bond motifs is 4. The van der Waals surface area contributed by atoms with Gasteiger partial charge in [-0.1, -0.05) is 45.6 Å². The molecule has 1 aromatic carbocycles. The molecule has 5 heterocycles. The first-order valence-electron chi connectivity index (χ1n) is 17.2. The molecule has 0 unspecified atom stereocenters. The second kappa shape index (κ2) is 15.4. The number of piperazine rings is 3. The minimum absolute atomic E-state index is 0. The van der Waals surface area contributed by atoms with Gasteiger partial charge in [0.05, 0.1) is 39.8 Å². The van der Waals surface area contributed by atoms with Gasteiger partial charge in [0.25, 0.3) is 5.91 Å². The summed E-state index contributed by atoms with van der Waals surface area (Å²) < 4.78 is 15.6. The van der Waals surface area contributed by atoms with Gasteiger partial charge in [-0.3, -0.25) is 9.59 Å². The molecule has 5 aliphatic rings. The zero-order chi connectivity index (χ0) is 34.1. The predicted molar refractivity (Wildman–Crippen MR) is 188 cm³/mol. The van der Waals surface area contributed by atoms with E-state index in [1.807, 2.05) is 19.9 Å². The van der Waals surface area contributed by atoms with Crippen molar-refractivity contribution >= 4 is 48.7 Å². The fourth-order valence-electron chi connectivity index (χ4n) is 8.44. The van der Waals surface area contributed by atoms with E-state index in [4.69, 9.17) is 14.9 Å². The van der Waals surface area contributed by atoms with E-state index >= 15 is 0 Å². The van der Waals surface area contributed by atoms with Crippen molar-refractivity contribution in [2.75, 3.05) is 59.0 Å². The lowest BCUT2D eigenvalue weighted by Crippen LogP contribution is -3.00. The molecular formula is C35H50ClIN4O6Si. The normalized spacial score (nSPS) is 28.2. The lowest BCUT2D eigenvalue weighted by molar-refractivity contribution is -1.08. The number of carbonyl (C=O) groups is 3. The number of ether oxygens (including phenoxy) is 1. The van der Waals surface area contributed by atoms with Crippen molar-refractivity contribution in [1.82, 2.24) is 4.90 Å². The van der Waals surface area contributed by atoms with Crippen molar-refractivity contribution < 1.29 is 50.0 Å². The van der Waals surface area contributed by atoms with Crippen LogP contribution in [0.15, 0.2) is 29.5 Å². The van der Waals surface area contributed by atoms with Crippen LogP contribution in [0.25, 0.3) is 0 Å². The average Bonchev–Trinajstić information content (AvgIpc) is 3.30. The minimum Gasteiger partial charge on any atom is -1.00 e. The topological polar surface area (TPSA) is 122 Å². The molecule has 0 radical (unpaired) electrons. The van der Waals surface area contributed by atoms with E-state index in [-0.39, 0.29) is 54.6 Å². The van der Waals surface area contributed by atoms with Crippen LogP contribution in [-0.4, -0.2) is 111 Å². The first kappa shape index (κ1) is 38.6. The Labute approximate surface area is 306 Å². The van der Waals surface area contributed by atoms with E-state index in [0.717, 1.165) is 88.7 Å². The fraction of sp³-hybridized carbons (Fsp3) is 0.629. The average molecular weight is 813 g/mol. The van der Waals surface area contributed by atoms with Gasteiger partial charge >= 0.3 is 0 Å². The number of nitrogens with zero attached hydrogens (tertiary/aromatic N) is 3. The summed E-state index contributed by atoms with van der Waals surface area (Å²) in [6, 6.07) is 8.90. The number of primary amides is 1. The number of hydrogen-bond donors (Lipinski definition) is 1. The van der Waals surface area contributed by atoms with Gasteiger partial charge in [-0.2, -0.15) is 0 Å². The number of carboxylic acids is 1. The standard InChI is InChI=1S/C35H49IN4O6Si.ClH/c1-6-47(7-2,8-3)46-25(5)31-32-24(4)27(33(35(43)44)38(32)34(31)42)10-9-21-45-29-12-11-26(22-28(29)36)13-14-39-15-18-40(19-16-39,20-17-39)23-30(37)41;/h11-12,22,24-25,31-32H,6-8,13-21,23H2,1-5H3,(H-2,37,41,43,44);1H/t24-,25+,31+,32+,39?,40?;/m0./s1. The Bertz CT molecular complexity index is 1470. The molecule has 0 spiro atoms. The largest absolute Gasteiger partial charge is 1.00 e. The Morgan fingerprint density at radius 2 is 1.71 bits per heavy atom. The van der Waals surface area contributed by atoms with Gasteiger partial charge in [0.1, 0.15) is 51.6 Å². The second-order valence-electron chi connectivity index (χ2n) is 14.1. The molecule has 0 saturated carbocycles. The Hall–Kier alpha value is -2.15. The highest BCUT2D eigenvalue weighted by atomic mass is 127. The van der Waals surface area contributed by atoms with Crippen molar-refractivity contribution in [3.8, 4) is 17.6 Å². The third-order valence-electron chi connectivity index (χ3n) is 11.8. The molecule has 13 heteroatoms. The summed E-state index contributed by atoms with van der Waals surface area (Å²) in [5.41, 5.74) is 7.09. The Balaban J connectivity index is 0.00000520. The van der Waals surface area contributed by atoms with Crippen molar-refractivity contribution in [2.24, 2.45) is 17.6 Å². The lowest BCUT2D eigenvalue weighted by Gasteiger charge is -2.55. The van der Waals surface area contributed by atoms with Crippen LogP contribution in [0.3, 0.4) is 0 Å². The molecule has 4 saturated heterocycles. The number of amides is 2. The first-order valence-corrected chi connectivity index (χ1v) is 20.8. The third kappa shape index (κ3) is 7.46. The Morgan fingerprint density at radius 1 is 1.10 bits per heavy atom. The zero-order valence-electron chi connectivity index (χ0n) is 28.9. The third-order valence-corrected chi connectivity index (χ3v) is 17.3. The summed E-state index contributed by atoms with van der Waals surface area (Å²) in [6.07, 6.45) is 0.695. The van der Waals surface area contributed by atoms with Gasteiger partial charge in [0.2, 0.25) is 5.91 Å². The van der Waals surface area contributed by atoms with Crippen LogP contribution in [-0.2, 0) is 25.2 Å². The van der Waals surface area contributed by atoms with Crippen molar-refractivity contribution in [3.05, 3.63) is 38.6 Å². The van der Waals surface area contributed by atoms with Crippen molar-refractivity contribution in [2.45, 2.75) is 71.3 Å². The van der Waals surface area contributed by atoms with E-state index in [0.29, 0.717) is 12.1 Å². The molecular weight excluding hydrogens is 763 g/mol. The monoisotopic (exact) mass is 812 g/mol. The molecule has 0 aromatic heterocycles.